The molecule has 7 heteroatoms. The molecule has 19 heavy (non-hydrogen) atoms. The van der Waals surface area contributed by atoms with Gasteiger partial charge in [-0.25, -0.2) is 0 Å². The van der Waals surface area contributed by atoms with Crippen LogP contribution < -0.4 is 11.1 Å². The third-order valence-electron chi connectivity index (χ3n) is 2.47. The van der Waals surface area contributed by atoms with Crippen molar-refractivity contribution in [3.8, 4) is 0 Å². The maximum Gasteiger partial charge on any atom is 0.308 e. The van der Waals surface area contributed by atoms with E-state index in [0.717, 1.165) is 0 Å². The number of hydrogen-bond donors (Lipinski definition) is 3. The number of ether oxygens (including phenoxy) is 1. The normalized spacial score (nSPS) is 13.7. The fraction of sp³-hybridized carbons (Fsp3) is 0.750. The van der Waals surface area contributed by atoms with Gasteiger partial charge in [0.05, 0.1) is 25.7 Å². The molecular formula is C12H22N2O5. The van der Waals surface area contributed by atoms with Crippen LogP contribution in [-0.2, 0) is 19.1 Å². The van der Waals surface area contributed by atoms with Gasteiger partial charge < -0.3 is 20.9 Å². The third kappa shape index (κ3) is 8.15. The second-order valence-electron chi connectivity index (χ2n) is 4.79. The molecule has 0 rings (SSSR count). The van der Waals surface area contributed by atoms with Crippen molar-refractivity contribution in [3.63, 3.8) is 0 Å². The molecule has 0 spiro atoms. The van der Waals surface area contributed by atoms with Crippen molar-refractivity contribution in [3.05, 3.63) is 0 Å². The number of aliphatic hydroxyl groups is 1. The van der Waals surface area contributed by atoms with Crippen molar-refractivity contribution >= 4 is 17.8 Å². The average molecular weight is 274 g/mol. The molecule has 0 bridgehead atoms. The first-order chi connectivity index (χ1) is 8.76. The van der Waals surface area contributed by atoms with Gasteiger partial charge in [0.15, 0.2) is 0 Å². The highest BCUT2D eigenvalue weighted by Crippen LogP contribution is 2.11. The highest BCUT2D eigenvalue weighted by molar-refractivity contribution is 5.96. The van der Waals surface area contributed by atoms with Gasteiger partial charge in [0.2, 0.25) is 11.8 Å². The van der Waals surface area contributed by atoms with Gasteiger partial charge in [-0.15, -0.1) is 0 Å². The summed E-state index contributed by atoms with van der Waals surface area (Å²) in [6.45, 7) is 3.83. The molecule has 0 aliphatic carbocycles. The van der Waals surface area contributed by atoms with Gasteiger partial charge >= 0.3 is 5.97 Å². The van der Waals surface area contributed by atoms with Gasteiger partial charge in [0.1, 0.15) is 6.42 Å². The number of nitrogens with two attached hydrogens (primary N) is 1. The minimum atomic E-state index is -1.06. The summed E-state index contributed by atoms with van der Waals surface area (Å²) >= 11 is 0. The number of esters is 1. The molecule has 0 aromatic heterocycles. The van der Waals surface area contributed by atoms with E-state index in [0.29, 0.717) is 6.42 Å². The zero-order valence-electron chi connectivity index (χ0n) is 11.5. The molecule has 7 nitrogen and oxygen atoms in total. The first kappa shape index (κ1) is 17.4. The lowest BCUT2D eigenvalue weighted by Gasteiger charge is -2.25. The summed E-state index contributed by atoms with van der Waals surface area (Å²) in [5, 5.41) is 12.4. The van der Waals surface area contributed by atoms with E-state index in [4.69, 9.17) is 5.73 Å². The maximum absolute atomic E-state index is 11.5. The largest absolute Gasteiger partial charge is 0.469 e. The summed E-state index contributed by atoms with van der Waals surface area (Å²) < 4.78 is 4.46. The number of primary amides is 1. The minimum Gasteiger partial charge on any atom is -0.469 e. The number of carbonyl (C=O) groups is 3. The van der Waals surface area contributed by atoms with Crippen LogP contribution in [0.25, 0.3) is 0 Å². The summed E-state index contributed by atoms with van der Waals surface area (Å²) in [7, 11) is 1.22. The quantitative estimate of drug-likeness (QED) is 0.400. The van der Waals surface area contributed by atoms with Crippen LogP contribution in [0.2, 0.25) is 0 Å². The predicted octanol–water partition coefficient (Wildman–Crippen LogP) is -0.683. The van der Waals surface area contributed by atoms with E-state index in [9.17, 15) is 19.5 Å². The first-order valence-electron chi connectivity index (χ1n) is 6.08. The van der Waals surface area contributed by atoms with E-state index in [1.807, 2.05) is 13.8 Å². The summed E-state index contributed by atoms with van der Waals surface area (Å²) in [5.74, 6) is -1.68. The molecule has 110 valence electrons. The van der Waals surface area contributed by atoms with Crippen LogP contribution in [0.1, 0.15) is 33.1 Å². The Hall–Kier alpha value is -1.63. The third-order valence-corrected chi connectivity index (χ3v) is 2.47. The minimum absolute atomic E-state index is 0.200. The maximum atomic E-state index is 11.5. The highest BCUT2D eigenvalue weighted by Gasteiger charge is 2.25. The molecule has 4 N–H and O–H groups in total. The van der Waals surface area contributed by atoms with E-state index >= 15 is 0 Å². The SMILES string of the molecule is COC(=O)CC(O)C(CC(C)C)NC(=O)CC(N)=O. The molecule has 0 fully saturated rings. The molecule has 0 aliphatic rings. The molecule has 0 aliphatic heterocycles. The van der Waals surface area contributed by atoms with Gasteiger partial charge in [-0.05, 0) is 12.3 Å². The highest BCUT2D eigenvalue weighted by atomic mass is 16.5. The Labute approximate surface area is 112 Å². The lowest BCUT2D eigenvalue weighted by atomic mass is 9.97. The Kier molecular flexibility index (Phi) is 7.74. The standard InChI is InChI=1S/C12H22N2O5/c1-7(2)4-8(9(15)5-12(18)19-3)14-11(17)6-10(13)16/h7-9,15H,4-6H2,1-3H3,(H2,13,16)(H,14,17). The van der Waals surface area contributed by atoms with Crippen molar-refractivity contribution in [2.45, 2.75) is 45.3 Å². The second kappa shape index (κ2) is 8.47. The van der Waals surface area contributed by atoms with E-state index in [1.54, 1.807) is 0 Å². The van der Waals surface area contributed by atoms with Crippen molar-refractivity contribution in [2.75, 3.05) is 7.11 Å². The van der Waals surface area contributed by atoms with Crippen LogP contribution in [0.5, 0.6) is 0 Å². The lowest BCUT2D eigenvalue weighted by Crippen LogP contribution is -2.46. The number of aliphatic hydroxyl groups excluding tert-OH is 1. The molecule has 0 radical (unpaired) electrons. The molecule has 0 heterocycles. The van der Waals surface area contributed by atoms with Crippen molar-refractivity contribution in [1.82, 2.24) is 5.32 Å². The van der Waals surface area contributed by atoms with Crippen LogP contribution in [0.4, 0.5) is 0 Å². The van der Waals surface area contributed by atoms with Crippen molar-refractivity contribution in [1.29, 1.82) is 0 Å². The van der Waals surface area contributed by atoms with E-state index < -0.39 is 36.4 Å². The van der Waals surface area contributed by atoms with Crippen LogP contribution >= 0.6 is 0 Å². The summed E-state index contributed by atoms with van der Waals surface area (Å²) in [4.78, 5) is 33.2. The summed E-state index contributed by atoms with van der Waals surface area (Å²) in [5.41, 5.74) is 4.91. The van der Waals surface area contributed by atoms with E-state index in [-0.39, 0.29) is 12.3 Å². The van der Waals surface area contributed by atoms with Crippen LogP contribution in [0.15, 0.2) is 0 Å². The Balaban J connectivity index is 4.56. The second-order valence-corrected chi connectivity index (χ2v) is 4.79. The van der Waals surface area contributed by atoms with Gasteiger partial charge in [-0.1, -0.05) is 13.8 Å². The van der Waals surface area contributed by atoms with Gasteiger partial charge in [0.25, 0.3) is 0 Å². The number of amides is 2. The smallest absolute Gasteiger partial charge is 0.308 e. The Morgan fingerprint density at radius 3 is 2.32 bits per heavy atom. The number of hydrogen-bond acceptors (Lipinski definition) is 5. The molecule has 0 aromatic rings. The Morgan fingerprint density at radius 1 is 1.32 bits per heavy atom. The zero-order valence-corrected chi connectivity index (χ0v) is 11.5. The van der Waals surface area contributed by atoms with Crippen molar-refractivity contribution < 1.29 is 24.2 Å². The lowest BCUT2D eigenvalue weighted by molar-refractivity contribution is -0.144. The molecule has 2 atom stereocenters. The fourth-order valence-corrected chi connectivity index (χ4v) is 1.63. The molecule has 0 saturated heterocycles. The van der Waals surface area contributed by atoms with Crippen LogP contribution in [0.3, 0.4) is 0 Å². The fourth-order valence-electron chi connectivity index (χ4n) is 1.63. The van der Waals surface area contributed by atoms with E-state index in [1.165, 1.54) is 7.11 Å². The Bertz CT molecular complexity index is 330. The number of carbonyl (C=O) groups excluding carboxylic acids is 3. The van der Waals surface area contributed by atoms with E-state index in [2.05, 4.69) is 10.1 Å². The molecule has 2 amide bonds. The Morgan fingerprint density at radius 2 is 1.89 bits per heavy atom. The topological polar surface area (TPSA) is 119 Å². The summed E-state index contributed by atoms with van der Waals surface area (Å²) in [6.07, 6.45) is -1.25. The van der Waals surface area contributed by atoms with Crippen LogP contribution in [0, 0.1) is 5.92 Å². The molecular weight excluding hydrogens is 252 g/mol. The molecule has 0 aromatic carbocycles. The first-order valence-corrected chi connectivity index (χ1v) is 6.08. The molecule has 2 unspecified atom stereocenters. The predicted molar refractivity (Wildman–Crippen MR) is 67.8 cm³/mol. The number of rotatable bonds is 8. The number of methoxy groups -OCH3 is 1. The molecule has 0 saturated carbocycles. The zero-order chi connectivity index (χ0) is 15.0. The average Bonchev–Trinajstić information content (AvgIpc) is 2.25. The number of nitrogens with one attached hydrogen (secondary N) is 1. The van der Waals surface area contributed by atoms with Gasteiger partial charge in [-0.3, -0.25) is 14.4 Å². The monoisotopic (exact) mass is 274 g/mol. The summed E-state index contributed by atoms with van der Waals surface area (Å²) in [6, 6.07) is -0.619. The van der Waals surface area contributed by atoms with Crippen LogP contribution in [-0.4, -0.2) is 42.1 Å². The van der Waals surface area contributed by atoms with Gasteiger partial charge in [0, 0.05) is 0 Å². The van der Waals surface area contributed by atoms with Gasteiger partial charge in [-0.2, -0.15) is 0 Å². The van der Waals surface area contributed by atoms with Crippen molar-refractivity contribution in [2.24, 2.45) is 11.7 Å².